The van der Waals surface area contributed by atoms with E-state index in [2.05, 4.69) is 0 Å². The Bertz CT molecular complexity index is 8.75. The van der Waals surface area contributed by atoms with Crippen molar-refractivity contribution in [1.29, 1.82) is 0 Å². The van der Waals surface area contributed by atoms with Gasteiger partial charge in [-0.25, -0.2) is 0 Å². The van der Waals surface area contributed by atoms with Gasteiger partial charge in [-0.15, -0.1) is 37.2 Å². The second-order valence-electron chi connectivity index (χ2n) is 0. The predicted octanol–water partition coefficient (Wildman–Crippen LogP) is 2.44. The molecule has 0 fully saturated rings. The average Bonchev–Trinajstić information content (AvgIpc) is 1.00. The fourth-order valence-electron chi connectivity index (χ4n) is 0. The van der Waals surface area contributed by atoms with E-state index in [-0.39, 0.29) is 41.9 Å². The Hall–Kier alpha value is 0.800. The molecule has 0 N–H and O–H groups in total. The maximum Gasteiger partial charge on any atom is -0.0683 e. The van der Waals surface area contributed by atoms with Crippen molar-refractivity contribution in [2.75, 3.05) is 0 Å². The van der Waals surface area contributed by atoms with Crippen LogP contribution < -0.4 is 0 Å². The molecule has 0 atom stereocenters. The smallest absolute Gasteiger partial charge is 0.0683 e. The van der Waals surface area contributed by atoms with E-state index in [4.69, 9.17) is 0 Å². The van der Waals surface area contributed by atoms with E-state index in [0.29, 0.717) is 0 Å². The first kappa shape index (κ1) is 70.6. The fraction of sp³-hybridized carbons (Fsp3) is 1.00. The van der Waals surface area contributed by atoms with Crippen LogP contribution in [0.2, 0.25) is 0 Å². The molecule has 0 aliphatic carbocycles. The molecule has 0 rings (SSSR count). The fourth-order valence-corrected chi connectivity index (χ4v) is 0. The molecule has 0 aliphatic rings. The van der Waals surface area contributed by atoms with Gasteiger partial charge in [0.05, 0.1) is 0 Å². The first-order valence-corrected chi connectivity index (χ1v) is 1.00. The molecule has 0 aromatic rings. The zero-order chi connectivity index (χ0) is 2.00. The van der Waals surface area contributed by atoms with E-state index in [1.54, 1.807) is 0 Å². The summed E-state index contributed by atoms with van der Waals surface area (Å²) in [5, 5.41) is 0. The maximum absolute atomic E-state index is 2.00. The molecule has 0 aliphatic heterocycles. The molecule has 0 aromatic heterocycles. The summed E-state index contributed by atoms with van der Waals surface area (Å²) in [6.07, 6.45) is 0. The predicted molar refractivity (Wildman–Crippen MR) is 35.6 cm³/mol. The molecule has 0 heterocycles. The SMILES string of the molecule is CC.Cl.Cl.Cl.F. The van der Waals surface area contributed by atoms with Crippen LogP contribution in [0.25, 0.3) is 0 Å². The van der Waals surface area contributed by atoms with Gasteiger partial charge in [-0.3, -0.25) is 4.70 Å². The van der Waals surface area contributed by atoms with Crippen LogP contribution in [0.4, 0.5) is 4.70 Å². The van der Waals surface area contributed by atoms with Crippen LogP contribution in [0.15, 0.2) is 0 Å². The van der Waals surface area contributed by atoms with E-state index in [1.165, 1.54) is 0 Å². The van der Waals surface area contributed by atoms with Gasteiger partial charge in [0.15, 0.2) is 0 Å². The summed E-state index contributed by atoms with van der Waals surface area (Å²) in [7, 11) is 0. The zero-order valence-corrected chi connectivity index (χ0v) is 6.08. The van der Waals surface area contributed by atoms with Gasteiger partial charge >= 0.3 is 0 Å². The van der Waals surface area contributed by atoms with Gasteiger partial charge in [0.2, 0.25) is 0 Å². The van der Waals surface area contributed by atoms with Gasteiger partial charge in [-0.2, -0.15) is 0 Å². The summed E-state index contributed by atoms with van der Waals surface area (Å²) in [5.41, 5.74) is 0. The Kier molecular flexibility index (Phi) is 2460. The van der Waals surface area contributed by atoms with Crippen LogP contribution in [0, 0.1) is 0 Å². The molecule has 0 radical (unpaired) electrons. The monoisotopic (exact) mass is 158 g/mol. The highest BCUT2D eigenvalue weighted by atomic mass is 35.5. The number of hydrogen-bond acceptors (Lipinski definition) is 0. The first-order chi connectivity index (χ1) is 1.00. The van der Waals surface area contributed by atoms with Crippen molar-refractivity contribution >= 4 is 37.2 Å². The second kappa shape index (κ2) is 209. The zero-order valence-electron chi connectivity index (χ0n) is 3.63. The van der Waals surface area contributed by atoms with Gasteiger partial charge in [-0.1, -0.05) is 13.8 Å². The highest BCUT2D eigenvalue weighted by Gasteiger charge is 0.932. The Morgan fingerprint density at radius 3 is 0.667 bits per heavy atom. The molecule has 4 heteroatoms. The van der Waals surface area contributed by atoms with Crippen molar-refractivity contribution in [3.8, 4) is 0 Å². The minimum Gasteiger partial charge on any atom is -0.269 e. The van der Waals surface area contributed by atoms with Crippen LogP contribution >= 0.6 is 37.2 Å². The minimum atomic E-state index is 0. The Labute approximate surface area is 56.3 Å². The minimum absolute atomic E-state index is 0. The van der Waals surface area contributed by atoms with E-state index in [1.807, 2.05) is 13.8 Å². The van der Waals surface area contributed by atoms with Gasteiger partial charge in [0.25, 0.3) is 0 Å². The highest BCUT2D eigenvalue weighted by molar-refractivity contribution is 5.86. The van der Waals surface area contributed by atoms with Crippen molar-refractivity contribution in [1.82, 2.24) is 0 Å². The summed E-state index contributed by atoms with van der Waals surface area (Å²) >= 11 is 0. The van der Waals surface area contributed by atoms with Crippen LogP contribution in [-0.4, -0.2) is 0 Å². The molecule has 0 saturated heterocycles. The van der Waals surface area contributed by atoms with Gasteiger partial charge in [0.1, 0.15) is 0 Å². The molecule has 0 amide bonds. The number of halogens is 4. The van der Waals surface area contributed by atoms with Crippen molar-refractivity contribution in [2.45, 2.75) is 13.8 Å². The second-order valence-corrected chi connectivity index (χ2v) is 0. The van der Waals surface area contributed by atoms with Gasteiger partial charge < -0.3 is 0 Å². The third kappa shape index (κ3) is 108. The van der Waals surface area contributed by atoms with Gasteiger partial charge in [-0.05, 0) is 0 Å². The number of hydrogen-bond donors (Lipinski definition) is 0. The van der Waals surface area contributed by atoms with E-state index >= 15 is 0 Å². The third-order valence-electron chi connectivity index (χ3n) is 0. The lowest BCUT2D eigenvalue weighted by Crippen LogP contribution is -0.856. The summed E-state index contributed by atoms with van der Waals surface area (Å²) in [6.45, 7) is 4.00. The summed E-state index contributed by atoms with van der Waals surface area (Å²) < 4.78 is 0. The largest absolute Gasteiger partial charge is 0.269 e. The van der Waals surface area contributed by atoms with Crippen LogP contribution in [0.1, 0.15) is 13.8 Å². The average molecular weight is 159 g/mol. The Morgan fingerprint density at radius 2 is 0.667 bits per heavy atom. The summed E-state index contributed by atoms with van der Waals surface area (Å²) in [4.78, 5) is 0. The lowest BCUT2D eigenvalue weighted by atomic mass is 11.0. The number of rotatable bonds is 0. The normalized spacial score (nSPS) is 1.00. The van der Waals surface area contributed by atoms with Gasteiger partial charge in [0, 0.05) is 0 Å². The first-order valence-electron chi connectivity index (χ1n) is 1.00. The lowest BCUT2D eigenvalue weighted by molar-refractivity contribution is 1.11. The molecular weight excluding hydrogens is 149 g/mol. The van der Waals surface area contributed by atoms with Crippen molar-refractivity contribution < 1.29 is 4.70 Å². The van der Waals surface area contributed by atoms with Crippen molar-refractivity contribution in [3.05, 3.63) is 0 Å². The highest BCUT2D eigenvalue weighted by Crippen LogP contribution is 1.14. The van der Waals surface area contributed by atoms with E-state index in [9.17, 15) is 0 Å². The molecule has 0 spiro atoms. The standard InChI is InChI=1S/C2H6.3ClH.FH/c1-2;;;;/h1-2H3;4*1H. The van der Waals surface area contributed by atoms with Crippen molar-refractivity contribution in [3.63, 3.8) is 0 Å². The molecule has 0 saturated carbocycles. The molecule has 0 unspecified atom stereocenters. The lowest BCUT2D eigenvalue weighted by Gasteiger charge is -1.07. The molecule has 6 heavy (non-hydrogen) atoms. The van der Waals surface area contributed by atoms with Crippen LogP contribution in [0.3, 0.4) is 0 Å². The molecular formula is C2H10Cl3F. The molecule has 0 nitrogen and oxygen atoms in total. The summed E-state index contributed by atoms with van der Waals surface area (Å²) in [5.74, 6) is 0. The van der Waals surface area contributed by atoms with Crippen LogP contribution in [0.5, 0.6) is 0 Å². The molecule has 0 aromatic carbocycles. The Balaban J connectivity index is -0.000000000833. The maximum atomic E-state index is 2.00. The van der Waals surface area contributed by atoms with E-state index < -0.39 is 0 Å². The topological polar surface area (TPSA) is 0 Å². The molecule has 46 valence electrons. The third-order valence-corrected chi connectivity index (χ3v) is 0. The van der Waals surface area contributed by atoms with Crippen LogP contribution in [-0.2, 0) is 0 Å². The quantitative estimate of drug-likeness (QED) is 0.509. The Morgan fingerprint density at radius 1 is 0.667 bits per heavy atom. The van der Waals surface area contributed by atoms with E-state index in [0.717, 1.165) is 0 Å². The summed E-state index contributed by atoms with van der Waals surface area (Å²) in [6, 6.07) is 0. The van der Waals surface area contributed by atoms with Crippen molar-refractivity contribution in [2.24, 2.45) is 0 Å². The molecule has 0 bridgehead atoms.